The SMILES string of the molecule is CC(C(=O)OC(C)(C)C)C(O)c1ccccc1Br. The Hall–Kier alpha value is -0.870. The van der Waals surface area contributed by atoms with Gasteiger partial charge >= 0.3 is 5.97 Å². The molecule has 18 heavy (non-hydrogen) atoms. The summed E-state index contributed by atoms with van der Waals surface area (Å²) in [7, 11) is 0. The standard InChI is InChI=1S/C14H19BrO3/c1-9(13(17)18-14(2,3)4)12(16)10-7-5-6-8-11(10)15/h5-9,12,16H,1-4H3. The summed E-state index contributed by atoms with van der Waals surface area (Å²) in [5.74, 6) is -1.01. The van der Waals surface area contributed by atoms with Gasteiger partial charge in [-0.2, -0.15) is 0 Å². The molecular formula is C14H19BrO3. The Morgan fingerprint density at radius 1 is 1.33 bits per heavy atom. The summed E-state index contributed by atoms with van der Waals surface area (Å²) >= 11 is 3.36. The van der Waals surface area contributed by atoms with Gasteiger partial charge in [0.1, 0.15) is 5.60 Å². The van der Waals surface area contributed by atoms with E-state index in [1.807, 2.05) is 39.0 Å². The Bertz CT molecular complexity index is 423. The third-order valence-corrected chi connectivity index (χ3v) is 3.20. The van der Waals surface area contributed by atoms with Crippen molar-refractivity contribution in [2.45, 2.75) is 39.4 Å². The maximum absolute atomic E-state index is 11.9. The lowest BCUT2D eigenvalue weighted by Crippen LogP contribution is -2.30. The van der Waals surface area contributed by atoms with Crippen molar-refractivity contribution in [1.82, 2.24) is 0 Å². The van der Waals surface area contributed by atoms with Crippen LogP contribution in [0.2, 0.25) is 0 Å². The number of hydrogen-bond acceptors (Lipinski definition) is 3. The molecule has 2 atom stereocenters. The van der Waals surface area contributed by atoms with E-state index in [2.05, 4.69) is 15.9 Å². The van der Waals surface area contributed by atoms with Crippen LogP contribution in [-0.2, 0) is 9.53 Å². The van der Waals surface area contributed by atoms with Crippen LogP contribution >= 0.6 is 15.9 Å². The molecule has 0 heterocycles. The van der Waals surface area contributed by atoms with Gasteiger partial charge in [0.2, 0.25) is 0 Å². The molecule has 1 rings (SSSR count). The molecule has 0 fully saturated rings. The summed E-state index contributed by atoms with van der Waals surface area (Å²) in [5, 5.41) is 10.2. The molecule has 0 radical (unpaired) electrons. The lowest BCUT2D eigenvalue weighted by Gasteiger charge is -2.25. The van der Waals surface area contributed by atoms with Gasteiger partial charge in [0, 0.05) is 4.47 Å². The van der Waals surface area contributed by atoms with E-state index in [9.17, 15) is 9.90 Å². The molecule has 0 amide bonds. The molecule has 0 bridgehead atoms. The van der Waals surface area contributed by atoms with Crippen LogP contribution in [0, 0.1) is 5.92 Å². The second kappa shape index (κ2) is 5.85. The van der Waals surface area contributed by atoms with Crippen molar-refractivity contribution in [3.05, 3.63) is 34.3 Å². The van der Waals surface area contributed by atoms with Gasteiger partial charge in [0.05, 0.1) is 12.0 Å². The second-order valence-electron chi connectivity index (χ2n) is 5.29. The number of aliphatic hydroxyl groups is 1. The minimum Gasteiger partial charge on any atom is -0.460 e. The lowest BCUT2D eigenvalue weighted by atomic mass is 9.97. The highest BCUT2D eigenvalue weighted by molar-refractivity contribution is 9.10. The van der Waals surface area contributed by atoms with E-state index < -0.39 is 23.6 Å². The van der Waals surface area contributed by atoms with Gasteiger partial charge in [0.25, 0.3) is 0 Å². The first-order valence-electron chi connectivity index (χ1n) is 5.87. The Balaban J connectivity index is 2.82. The quantitative estimate of drug-likeness (QED) is 0.869. The third kappa shape index (κ3) is 4.10. The molecule has 0 spiro atoms. The van der Waals surface area contributed by atoms with Gasteiger partial charge in [-0.3, -0.25) is 4.79 Å². The van der Waals surface area contributed by atoms with Gasteiger partial charge in [0.15, 0.2) is 0 Å². The summed E-state index contributed by atoms with van der Waals surface area (Å²) in [5.41, 5.74) is 0.148. The van der Waals surface area contributed by atoms with Crippen LogP contribution in [0.4, 0.5) is 0 Å². The molecular weight excluding hydrogens is 296 g/mol. The number of hydrogen-bond donors (Lipinski definition) is 1. The molecule has 0 saturated heterocycles. The number of rotatable bonds is 3. The van der Waals surface area contributed by atoms with E-state index >= 15 is 0 Å². The number of halogens is 1. The molecule has 3 nitrogen and oxygen atoms in total. The Kier molecular flexibility index (Phi) is 4.93. The summed E-state index contributed by atoms with van der Waals surface area (Å²) in [6.07, 6.45) is -0.879. The molecule has 1 aromatic rings. The molecule has 0 aliphatic carbocycles. The zero-order valence-electron chi connectivity index (χ0n) is 11.1. The van der Waals surface area contributed by atoms with Crippen molar-refractivity contribution in [2.75, 3.05) is 0 Å². The summed E-state index contributed by atoms with van der Waals surface area (Å²) in [4.78, 5) is 11.9. The molecule has 1 N–H and O–H groups in total. The summed E-state index contributed by atoms with van der Waals surface area (Å²) < 4.78 is 6.05. The Morgan fingerprint density at radius 3 is 2.39 bits per heavy atom. The first-order valence-corrected chi connectivity index (χ1v) is 6.67. The zero-order chi connectivity index (χ0) is 13.9. The first-order chi connectivity index (χ1) is 8.22. The van der Waals surface area contributed by atoms with Crippen LogP contribution in [-0.4, -0.2) is 16.7 Å². The van der Waals surface area contributed by atoms with Gasteiger partial charge < -0.3 is 9.84 Å². The van der Waals surface area contributed by atoms with E-state index in [0.29, 0.717) is 5.56 Å². The number of carbonyl (C=O) groups excluding carboxylic acids is 1. The number of aliphatic hydroxyl groups excluding tert-OH is 1. The van der Waals surface area contributed by atoms with E-state index in [0.717, 1.165) is 4.47 Å². The van der Waals surface area contributed by atoms with Gasteiger partial charge in [-0.05, 0) is 39.3 Å². The second-order valence-corrected chi connectivity index (χ2v) is 6.14. The highest BCUT2D eigenvalue weighted by Crippen LogP contribution is 2.29. The molecule has 0 aromatic heterocycles. The number of carbonyl (C=O) groups is 1. The van der Waals surface area contributed by atoms with E-state index in [-0.39, 0.29) is 0 Å². The first kappa shape index (κ1) is 15.2. The van der Waals surface area contributed by atoms with Gasteiger partial charge in [-0.25, -0.2) is 0 Å². The van der Waals surface area contributed by atoms with Crippen molar-refractivity contribution < 1.29 is 14.6 Å². The zero-order valence-corrected chi connectivity index (χ0v) is 12.7. The van der Waals surface area contributed by atoms with Crippen LogP contribution in [0.1, 0.15) is 39.4 Å². The van der Waals surface area contributed by atoms with E-state index in [4.69, 9.17) is 4.74 Å². The fourth-order valence-corrected chi connectivity index (χ4v) is 2.03. The van der Waals surface area contributed by atoms with Gasteiger partial charge in [-0.15, -0.1) is 0 Å². The number of ether oxygens (including phenoxy) is 1. The fraction of sp³-hybridized carbons (Fsp3) is 0.500. The third-order valence-electron chi connectivity index (χ3n) is 2.48. The van der Waals surface area contributed by atoms with Crippen LogP contribution in [0.15, 0.2) is 28.7 Å². The molecule has 0 aliphatic heterocycles. The predicted octanol–water partition coefficient (Wildman–Crippen LogP) is 3.46. The molecule has 2 unspecified atom stereocenters. The van der Waals surface area contributed by atoms with Crippen molar-refractivity contribution in [2.24, 2.45) is 5.92 Å². The number of esters is 1. The minimum absolute atomic E-state index is 0.397. The normalized spacial score (nSPS) is 15.0. The highest BCUT2D eigenvalue weighted by atomic mass is 79.9. The van der Waals surface area contributed by atoms with Crippen molar-refractivity contribution in [1.29, 1.82) is 0 Å². The highest BCUT2D eigenvalue weighted by Gasteiger charge is 2.29. The molecule has 0 saturated carbocycles. The average Bonchev–Trinajstić information content (AvgIpc) is 2.25. The monoisotopic (exact) mass is 314 g/mol. The largest absolute Gasteiger partial charge is 0.460 e. The molecule has 100 valence electrons. The smallest absolute Gasteiger partial charge is 0.312 e. The lowest BCUT2D eigenvalue weighted by molar-refractivity contribution is -0.163. The minimum atomic E-state index is -0.879. The maximum Gasteiger partial charge on any atom is 0.312 e. The topological polar surface area (TPSA) is 46.5 Å². The van der Waals surface area contributed by atoms with Crippen LogP contribution < -0.4 is 0 Å². The van der Waals surface area contributed by atoms with E-state index in [1.54, 1.807) is 13.0 Å². The van der Waals surface area contributed by atoms with E-state index in [1.165, 1.54) is 0 Å². The molecule has 4 heteroatoms. The number of benzene rings is 1. The molecule has 0 aliphatic rings. The summed E-state index contributed by atoms with van der Waals surface area (Å²) in [6, 6.07) is 7.31. The van der Waals surface area contributed by atoms with Crippen LogP contribution in [0.5, 0.6) is 0 Å². The maximum atomic E-state index is 11.9. The average molecular weight is 315 g/mol. The fourth-order valence-electron chi connectivity index (χ4n) is 1.51. The van der Waals surface area contributed by atoms with Gasteiger partial charge in [-0.1, -0.05) is 34.1 Å². The van der Waals surface area contributed by atoms with Crippen LogP contribution in [0.3, 0.4) is 0 Å². The Morgan fingerprint density at radius 2 is 1.89 bits per heavy atom. The Labute approximate surface area is 116 Å². The van der Waals surface area contributed by atoms with Crippen LogP contribution in [0.25, 0.3) is 0 Å². The van der Waals surface area contributed by atoms with Crippen molar-refractivity contribution in [3.8, 4) is 0 Å². The molecule has 1 aromatic carbocycles. The summed E-state index contributed by atoms with van der Waals surface area (Å²) in [6.45, 7) is 7.09. The predicted molar refractivity (Wildman–Crippen MR) is 74.1 cm³/mol. The van der Waals surface area contributed by atoms with Crippen molar-refractivity contribution in [3.63, 3.8) is 0 Å². The van der Waals surface area contributed by atoms with Crippen molar-refractivity contribution >= 4 is 21.9 Å².